The summed E-state index contributed by atoms with van der Waals surface area (Å²) in [5.74, 6) is -1.65. The quantitative estimate of drug-likeness (QED) is 0.288. The Labute approximate surface area is 201 Å². The molecule has 1 amide bonds. The molecule has 1 saturated heterocycles. The van der Waals surface area contributed by atoms with E-state index in [0.29, 0.717) is 29.4 Å². The Kier molecular flexibility index (Phi) is 6.77. The third-order valence-corrected chi connectivity index (χ3v) is 5.67. The molecular weight excluding hydrogens is 457 g/mol. The monoisotopic (exact) mass is 481 g/mol. The molecule has 1 aliphatic rings. The number of aliphatic hydroxyl groups is 1. The highest BCUT2D eigenvalue weighted by atomic mass is 19.1. The Bertz CT molecular complexity index is 1280. The number of methoxy groups -OCH3 is 2. The predicted octanol–water partition coefficient (Wildman–Crippen LogP) is 4.46. The molecule has 3 aromatic rings. The van der Waals surface area contributed by atoms with Gasteiger partial charge in [0.15, 0.2) is 23.1 Å². The Morgan fingerprint density at radius 3 is 2.43 bits per heavy atom. The van der Waals surface area contributed by atoms with Crippen molar-refractivity contribution in [2.45, 2.75) is 19.5 Å². The van der Waals surface area contributed by atoms with Crippen molar-refractivity contribution >= 4 is 17.4 Å². The summed E-state index contributed by atoms with van der Waals surface area (Å²) in [6, 6.07) is 11.1. The van der Waals surface area contributed by atoms with Crippen LogP contribution in [-0.4, -0.2) is 42.5 Å². The standard InChI is InChI=1S/C26H24FNO7/c1-4-34-20-10-7-15(13-21(20)33-3)23-22(24(29)16-8-9-19(32-2)18(27)12-16)25(30)26(31)28(23)14-17-6-5-11-35-17/h5-13,23,29H,4,14H2,1-3H3/t23-/m0/s1. The van der Waals surface area contributed by atoms with E-state index in [2.05, 4.69) is 0 Å². The minimum absolute atomic E-state index is 0.0207. The first-order chi connectivity index (χ1) is 16.9. The van der Waals surface area contributed by atoms with E-state index in [-0.39, 0.29) is 23.4 Å². The van der Waals surface area contributed by atoms with Crippen molar-refractivity contribution in [1.29, 1.82) is 0 Å². The van der Waals surface area contributed by atoms with Crippen molar-refractivity contribution in [2.24, 2.45) is 0 Å². The number of ketones is 1. The van der Waals surface area contributed by atoms with Crippen LogP contribution in [0, 0.1) is 5.82 Å². The van der Waals surface area contributed by atoms with Crippen LogP contribution < -0.4 is 14.2 Å². The molecule has 0 saturated carbocycles. The number of benzene rings is 2. The van der Waals surface area contributed by atoms with Gasteiger partial charge in [0.05, 0.1) is 45.2 Å². The smallest absolute Gasteiger partial charge is 0.296 e. The number of halogens is 1. The van der Waals surface area contributed by atoms with Gasteiger partial charge < -0.3 is 28.6 Å². The van der Waals surface area contributed by atoms with Gasteiger partial charge in [0.2, 0.25) is 0 Å². The number of hydrogen-bond acceptors (Lipinski definition) is 7. The van der Waals surface area contributed by atoms with Gasteiger partial charge in [-0.15, -0.1) is 0 Å². The number of hydrogen-bond donors (Lipinski definition) is 1. The average molecular weight is 481 g/mol. The second-order valence-electron chi connectivity index (χ2n) is 7.70. The van der Waals surface area contributed by atoms with Crippen LogP contribution in [0.5, 0.6) is 17.2 Å². The fourth-order valence-corrected chi connectivity index (χ4v) is 4.06. The van der Waals surface area contributed by atoms with E-state index in [1.165, 1.54) is 37.5 Å². The number of ether oxygens (including phenoxy) is 3. The van der Waals surface area contributed by atoms with Crippen molar-refractivity contribution in [3.8, 4) is 17.2 Å². The van der Waals surface area contributed by atoms with Gasteiger partial charge in [-0.3, -0.25) is 9.59 Å². The van der Waals surface area contributed by atoms with E-state index in [1.807, 2.05) is 6.92 Å². The van der Waals surface area contributed by atoms with Crippen molar-refractivity contribution in [1.82, 2.24) is 4.90 Å². The zero-order valence-electron chi connectivity index (χ0n) is 19.4. The summed E-state index contributed by atoms with van der Waals surface area (Å²) in [6.07, 6.45) is 1.46. The van der Waals surface area contributed by atoms with E-state index < -0.39 is 29.3 Å². The van der Waals surface area contributed by atoms with Crippen LogP contribution in [0.15, 0.2) is 64.8 Å². The Hall–Kier alpha value is -4.27. The summed E-state index contributed by atoms with van der Waals surface area (Å²) in [5.41, 5.74) is 0.339. The number of carbonyl (C=O) groups excluding carboxylic acids is 2. The molecule has 0 aliphatic carbocycles. The number of furan rings is 1. The SMILES string of the molecule is CCOc1ccc([C@H]2C(=C(O)c3ccc(OC)c(F)c3)C(=O)C(=O)N2Cc2ccco2)cc1OC. The third kappa shape index (κ3) is 4.44. The topological polar surface area (TPSA) is 98.4 Å². The molecule has 1 N–H and O–H groups in total. The first-order valence-electron chi connectivity index (χ1n) is 10.8. The summed E-state index contributed by atoms with van der Waals surface area (Å²) in [6.45, 7) is 2.22. The molecule has 4 rings (SSSR count). The van der Waals surface area contributed by atoms with E-state index in [1.54, 1.807) is 30.3 Å². The zero-order valence-corrected chi connectivity index (χ0v) is 19.4. The van der Waals surface area contributed by atoms with Gasteiger partial charge >= 0.3 is 0 Å². The normalized spacial score (nSPS) is 17.0. The summed E-state index contributed by atoms with van der Waals surface area (Å²) >= 11 is 0. The van der Waals surface area contributed by atoms with Crippen LogP contribution in [0.3, 0.4) is 0 Å². The molecule has 1 atom stereocenters. The lowest BCUT2D eigenvalue weighted by Crippen LogP contribution is -2.29. The van der Waals surface area contributed by atoms with Gasteiger partial charge in [-0.25, -0.2) is 4.39 Å². The van der Waals surface area contributed by atoms with Crippen LogP contribution >= 0.6 is 0 Å². The minimum Gasteiger partial charge on any atom is -0.507 e. The number of rotatable bonds is 8. The van der Waals surface area contributed by atoms with Gasteiger partial charge in [-0.1, -0.05) is 6.07 Å². The van der Waals surface area contributed by atoms with Gasteiger partial charge in [0.25, 0.3) is 11.7 Å². The fourth-order valence-electron chi connectivity index (χ4n) is 4.06. The number of likely N-dealkylation sites (tertiary alicyclic amines) is 1. The molecule has 0 radical (unpaired) electrons. The number of amides is 1. The van der Waals surface area contributed by atoms with Crippen LogP contribution in [-0.2, 0) is 16.1 Å². The van der Waals surface area contributed by atoms with Gasteiger partial charge in [0, 0.05) is 5.56 Å². The van der Waals surface area contributed by atoms with E-state index >= 15 is 0 Å². The number of carbonyl (C=O) groups is 2. The van der Waals surface area contributed by atoms with Crippen molar-refractivity contribution in [3.05, 3.63) is 83.1 Å². The second kappa shape index (κ2) is 9.92. The van der Waals surface area contributed by atoms with Crippen LogP contribution in [0.25, 0.3) is 5.76 Å². The minimum atomic E-state index is -0.991. The van der Waals surface area contributed by atoms with Crippen LogP contribution in [0.4, 0.5) is 4.39 Å². The van der Waals surface area contributed by atoms with Crippen LogP contribution in [0.2, 0.25) is 0 Å². The molecule has 2 heterocycles. The maximum atomic E-state index is 14.4. The molecule has 35 heavy (non-hydrogen) atoms. The molecule has 8 nitrogen and oxygen atoms in total. The Balaban J connectivity index is 1.88. The summed E-state index contributed by atoms with van der Waals surface area (Å²) in [7, 11) is 2.79. The van der Waals surface area contributed by atoms with Crippen LogP contribution in [0.1, 0.15) is 29.9 Å². The maximum Gasteiger partial charge on any atom is 0.296 e. The third-order valence-electron chi connectivity index (χ3n) is 5.67. The molecule has 2 aromatic carbocycles. The molecule has 0 spiro atoms. The molecule has 1 aromatic heterocycles. The number of nitrogens with zero attached hydrogens (tertiary/aromatic N) is 1. The molecule has 1 aliphatic heterocycles. The molecule has 1 fully saturated rings. The highest BCUT2D eigenvalue weighted by molar-refractivity contribution is 6.46. The highest BCUT2D eigenvalue weighted by Crippen LogP contribution is 2.43. The largest absolute Gasteiger partial charge is 0.507 e. The second-order valence-corrected chi connectivity index (χ2v) is 7.70. The first kappa shape index (κ1) is 23.9. The lowest BCUT2D eigenvalue weighted by atomic mass is 9.95. The summed E-state index contributed by atoms with van der Waals surface area (Å²) in [4.78, 5) is 27.5. The molecule has 0 unspecified atom stereocenters. The van der Waals surface area contributed by atoms with E-state index in [0.717, 1.165) is 6.07 Å². The Morgan fingerprint density at radius 2 is 1.80 bits per heavy atom. The van der Waals surface area contributed by atoms with Crippen molar-refractivity contribution in [2.75, 3.05) is 20.8 Å². The summed E-state index contributed by atoms with van der Waals surface area (Å²) in [5, 5.41) is 11.1. The summed E-state index contributed by atoms with van der Waals surface area (Å²) < 4.78 is 35.7. The fraction of sp³-hybridized carbons (Fsp3) is 0.231. The van der Waals surface area contributed by atoms with Crippen molar-refractivity contribution in [3.63, 3.8) is 0 Å². The van der Waals surface area contributed by atoms with E-state index in [9.17, 15) is 19.1 Å². The Morgan fingerprint density at radius 1 is 1.06 bits per heavy atom. The predicted molar refractivity (Wildman–Crippen MR) is 124 cm³/mol. The molecule has 9 heteroatoms. The van der Waals surface area contributed by atoms with E-state index in [4.69, 9.17) is 18.6 Å². The lowest BCUT2D eigenvalue weighted by molar-refractivity contribution is -0.140. The molecule has 182 valence electrons. The van der Waals surface area contributed by atoms with Gasteiger partial charge in [0.1, 0.15) is 11.5 Å². The van der Waals surface area contributed by atoms with Gasteiger partial charge in [-0.05, 0) is 55.0 Å². The molecule has 0 bridgehead atoms. The number of Topliss-reactive ketones (excluding diaryl/α,β-unsaturated/α-hetero) is 1. The average Bonchev–Trinajstić information content (AvgIpc) is 3.46. The first-order valence-corrected chi connectivity index (χ1v) is 10.8. The number of aliphatic hydroxyl groups excluding tert-OH is 1. The molecular formula is C26H24FNO7. The lowest BCUT2D eigenvalue weighted by Gasteiger charge is -2.25. The zero-order chi connectivity index (χ0) is 25.1. The highest BCUT2D eigenvalue weighted by Gasteiger charge is 2.46. The maximum absolute atomic E-state index is 14.4. The van der Waals surface area contributed by atoms with Crippen molar-refractivity contribution < 1.29 is 37.7 Å². The van der Waals surface area contributed by atoms with Gasteiger partial charge in [-0.2, -0.15) is 0 Å².